The number of benzene rings is 1. The van der Waals surface area contributed by atoms with Gasteiger partial charge in [-0.1, -0.05) is 18.2 Å². The molecule has 1 N–H and O–H groups in total. The molecule has 8 heteroatoms. The largest absolute Gasteiger partial charge is 0.454 e. The molecule has 1 aromatic heterocycles. The van der Waals surface area contributed by atoms with Crippen molar-refractivity contribution in [3.8, 4) is 0 Å². The predicted molar refractivity (Wildman–Crippen MR) is 61.4 cm³/mol. The van der Waals surface area contributed by atoms with E-state index in [1.54, 1.807) is 24.3 Å². The number of cyclic esters (lactones) is 1. The van der Waals surface area contributed by atoms with Gasteiger partial charge in [0.1, 0.15) is 4.92 Å². The summed E-state index contributed by atoms with van der Waals surface area (Å²) < 4.78 is 9.93. The minimum absolute atomic E-state index is 0.0822. The van der Waals surface area contributed by atoms with E-state index in [0.717, 1.165) is 6.20 Å². The number of anilines is 1. The number of oxazole rings is 1. The number of nitro groups is 1. The second kappa shape index (κ2) is 4.09. The molecule has 8 nitrogen and oxygen atoms in total. The molecule has 0 saturated heterocycles. The molecule has 1 aliphatic heterocycles. The molecular weight excluding hydrogens is 254 g/mol. The summed E-state index contributed by atoms with van der Waals surface area (Å²) >= 11 is 0. The van der Waals surface area contributed by atoms with E-state index < -0.39 is 23.0 Å². The average Bonchev–Trinajstić information content (AvgIpc) is 2.97. The molecule has 0 radical (unpaired) electrons. The van der Waals surface area contributed by atoms with Crippen molar-refractivity contribution in [1.29, 1.82) is 0 Å². The zero-order chi connectivity index (χ0) is 13.4. The lowest BCUT2D eigenvalue weighted by Gasteiger charge is -2.10. The molecule has 96 valence electrons. The molecule has 0 saturated carbocycles. The molecule has 0 spiro atoms. The summed E-state index contributed by atoms with van der Waals surface area (Å²) in [7, 11) is 0. The van der Waals surface area contributed by atoms with E-state index in [-0.39, 0.29) is 6.01 Å². The van der Waals surface area contributed by atoms with Crippen LogP contribution in [0, 0.1) is 10.1 Å². The topological polar surface area (TPSA) is 108 Å². The number of carbonyl (C=O) groups is 1. The molecule has 1 atom stereocenters. The fraction of sp³-hybridized carbons (Fsp3) is 0.0909. The zero-order valence-corrected chi connectivity index (χ0v) is 9.40. The van der Waals surface area contributed by atoms with E-state index in [0.29, 0.717) is 11.1 Å². The normalized spacial score (nSPS) is 16.8. The highest BCUT2D eigenvalue weighted by molar-refractivity contribution is 5.94. The molecule has 1 unspecified atom stereocenters. The van der Waals surface area contributed by atoms with Crippen LogP contribution in [0.15, 0.2) is 34.9 Å². The molecule has 3 rings (SSSR count). The van der Waals surface area contributed by atoms with Crippen molar-refractivity contribution in [1.82, 2.24) is 4.98 Å². The van der Waals surface area contributed by atoms with Gasteiger partial charge in [-0.25, -0.2) is 4.79 Å². The number of nitrogens with one attached hydrogen (secondary N) is 1. The highest BCUT2D eigenvalue weighted by Crippen LogP contribution is 2.31. The molecule has 1 aromatic carbocycles. The van der Waals surface area contributed by atoms with Crippen LogP contribution in [0.25, 0.3) is 0 Å². The summed E-state index contributed by atoms with van der Waals surface area (Å²) in [5.41, 5.74) is 1.08. The van der Waals surface area contributed by atoms with Crippen molar-refractivity contribution < 1.29 is 18.9 Å². The molecule has 0 fully saturated rings. The average molecular weight is 261 g/mol. The monoisotopic (exact) mass is 261 g/mol. The van der Waals surface area contributed by atoms with Gasteiger partial charge in [0.2, 0.25) is 6.23 Å². The molecule has 0 aliphatic carbocycles. The van der Waals surface area contributed by atoms with E-state index in [1.807, 2.05) is 0 Å². The number of hydrogen-bond acceptors (Lipinski definition) is 7. The maximum Gasteiger partial charge on any atom is 0.454 e. The third-order valence-corrected chi connectivity index (χ3v) is 2.62. The van der Waals surface area contributed by atoms with Crippen LogP contribution in [0.3, 0.4) is 0 Å². The number of aromatic nitrogens is 1. The summed E-state index contributed by atoms with van der Waals surface area (Å²) in [5, 5.41) is 13.1. The third-order valence-electron chi connectivity index (χ3n) is 2.62. The van der Waals surface area contributed by atoms with Crippen molar-refractivity contribution in [3.63, 3.8) is 0 Å². The third kappa shape index (κ3) is 1.88. The predicted octanol–water partition coefficient (Wildman–Crippen LogP) is 1.86. The molecule has 0 bridgehead atoms. The molecule has 19 heavy (non-hydrogen) atoms. The van der Waals surface area contributed by atoms with Gasteiger partial charge >= 0.3 is 17.9 Å². The Balaban J connectivity index is 1.85. The van der Waals surface area contributed by atoms with Gasteiger partial charge in [0.25, 0.3) is 0 Å². The van der Waals surface area contributed by atoms with Gasteiger partial charge in [-0.15, -0.1) is 0 Å². The van der Waals surface area contributed by atoms with Crippen molar-refractivity contribution in [2.75, 3.05) is 5.32 Å². The summed E-state index contributed by atoms with van der Waals surface area (Å²) in [5.74, 6) is -0.950. The molecule has 2 aromatic rings. The summed E-state index contributed by atoms with van der Waals surface area (Å²) in [6.45, 7) is 0. The Bertz CT molecular complexity index is 666. The van der Waals surface area contributed by atoms with Crippen LogP contribution >= 0.6 is 0 Å². The Morgan fingerprint density at radius 1 is 1.37 bits per heavy atom. The summed E-state index contributed by atoms with van der Waals surface area (Å²) in [4.78, 5) is 25.0. The highest BCUT2D eigenvalue weighted by atomic mass is 16.7. The van der Waals surface area contributed by atoms with Gasteiger partial charge in [0.15, 0.2) is 6.20 Å². The van der Waals surface area contributed by atoms with Crippen molar-refractivity contribution in [2.24, 2.45) is 0 Å². The second-order valence-corrected chi connectivity index (χ2v) is 3.78. The van der Waals surface area contributed by atoms with Crippen LogP contribution in [-0.4, -0.2) is 15.9 Å². The Labute approximate surface area is 106 Å². The second-order valence-electron chi connectivity index (χ2n) is 3.78. The van der Waals surface area contributed by atoms with Gasteiger partial charge in [-0.05, 0) is 6.07 Å². The minimum atomic E-state index is -0.762. The van der Waals surface area contributed by atoms with Crippen molar-refractivity contribution >= 4 is 17.9 Å². The first-order valence-electron chi connectivity index (χ1n) is 5.32. The summed E-state index contributed by atoms with van der Waals surface area (Å²) in [6, 6.07) is 6.75. The van der Waals surface area contributed by atoms with Crippen LogP contribution < -0.4 is 5.32 Å². The minimum Gasteiger partial charge on any atom is -0.434 e. The zero-order valence-electron chi connectivity index (χ0n) is 9.40. The van der Waals surface area contributed by atoms with Gasteiger partial charge in [0, 0.05) is 5.56 Å². The van der Waals surface area contributed by atoms with Crippen LogP contribution in [0.4, 0.5) is 11.9 Å². The van der Waals surface area contributed by atoms with Crippen LogP contribution in [0.1, 0.15) is 22.1 Å². The Kier molecular flexibility index (Phi) is 2.41. The van der Waals surface area contributed by atoms with E-state index in [2.05, 4.69) is 10.3 Å². The first kappa shape index (κ1) is 11.2. The Morgan fingerprint density at radius 3 is 2.89 bits per heavy atom. The fourth-order valence-electron chi connectivity index (χ4n) is 1.78. The SMILES string of the molecule is O=C1OC(Nc2ncc([N+](=O)[O-])o2)c2ccccc21. The number of fused-ring (bicyclic) bond motifs is 1. The van der Waals surface area contributed by atoms with Crippen LogP contribution in [-0.2, 0) is 4.74 Å². The van der Waals surface area contributed by atoms with Gasteiger partial charge in [-0.2, -0.15) is 4.98 Å². The lowest BCUT2D eigenvalue weighted by Crippen LogP contribution is -2.10. The van der Waals surface area contributed by atoms with Gasteiger partial charge in [0.05, 0.1) is 5.56 Å². The number of hydrogen-bond donors (Lipinski definition) is 1. The van der Waals surface area contributed by atoms with Crippen molar-refractivity contribution in [3.05, 3.63) is 51.7 Å². The molecule has 1 aliphatic rings. The number of esters is 1. The van der Waals surface area contributed by atoms with E-state index in [1.165, 1.54) is 0 Å². The fourth-order valence-corrected chi connectivity index (χ4v) is 1.78. The molecule has 2 heterocycles. The van der Waals surface area contributed by atoms with Crippen molar-refractivity contribution in [2.45, 2.75) is 6.23 Å². The van der Waals surface area contributed by atoms with E-state index in [4.69, 9.17) is 9.15 Å². The number of rotatable bonds is 3. The molecule has 0 amide bonds. The van der Waals surface area contributed by atoms with Gasteiger partial charge in [-0.3, -0.25) is 15.4 Å². The van der Waals surface area contributed by atoms with Crippen LogP contribution in [0.5, 0.6) is 0 Å². The smallest absolute Gasteiger partial charge is 0.434 e. The Hall–Kier alpha value is -2.90. The van der Waals surface area contributed by atoms with Crippen LogP contribution in [0.2, 0.25) is 0 Å². The van der Waals surface area contributed by atoms with Gasteiger partial charge < -0.3 is 9.15 Å². The number of ether oxygens (including phenoxy) is 1. The lowest BCUT2D eigenvalue weighted by atomic mass is 10.1. The lowest BCUT2D eigenvalue weighted by molar-refractivity contribution is -0.401. The van der Waals surface area contributed by atoms with E-state index >= 15 is 0 Å². The summed E-state index contributed by atoms with van der Waals surface area (Å²) in [6.07, 6.45) is 0.215. The highest BCUT2D eigenvalue weighted by Gasteiger charge is 2.31. The maximum absolute atomic E-state index is 11.6. The number of nitrogens with zero attached hydrogens (tertiary/aromatic N) is 2. The number of carbonyl (C=O) groups excluding carboxylic acids is 1. The first-order valence-corrected chi connectivity index (χ1v) is 5.32. The first-order chi connectivity index (χ1) is 9.15. The standard InChI is InChI=1S/C11H7N3O5/c15-10-7-4-2-1-3-6(7)9(19-10)13-11-12-5-8(18-11)14(16)17/h1-5,9H,(H,12,13). The quantitative estimate of drug-likeness (QED) is 0.510. The maximum atomic E-state index is 11.6. The van der Waals surface area contributed by atoms with E-state index in [9.17, 15) is 14.9 Å². The molecular formula is C11H7N3O5. The Morgan fingerprint density at radius 2 is 2.16 bits per heavy atom.